The van der Waals surface area contributed by atoms with Gasteiger partial charge in [-0.2, -0.15) is 8.42 Å². The maximum absolute atomic E-state index is 12.1. The minimum Gasteiger partial charge on any atom is -0.396 e. The molecule has 0 saturated carbocycles. The Hall–Kier alpha value is -0.660. The van der Waals surface area contributed by atoms with E-state index in [4.69, 9.17) is 9.66 Å². The van der Waals surface area contributed by atoms with Gasteiger partial charge in [0.05, 0.1) is 5.75 Å². The maximum Gasteiger partial charge on any atom is 0.266 e. The molecule has 0 radical (unpaired) electrons. The predicted molar refractivity (Wildman–Crippen MR) is 96.5 cm³/mol. The van der Waals surface area contributed by atoms with Gasteiger partial charge in [0, 0.05) is 26.1 Å². The van der Waals surface area contributed by atoms with Crippen molar-refractivity contribution in [3.8, 4) is 0 Å². The highest BCUT2D eigenvalue weighted by Gasteiger charge is 2.15. The Morgan fingerprint density at radius 3 is 1.92 bits per heavy atom. The van der Waals surface area contributed by atoms with Gasteiger partial charge >= 0.3 is 0 Å². The van der Waals surface area contributed by atoms with E-state index < -0.39 is 15.9 Å². The van der Waals surface area contributed by atoms with E-state index in [1.165, 1.54) is 43.4 Å². The molecule has 0 heterocycles. The fraction of sp³-hybridized carbons (Fsp3) is 0.941. The second-order valence-electron chi connectivity index (χ2n) is 6.32. The molecule has 144 valence electrons. The molecule has 0 aromatic heterocycles. The summed E-state index contributed by atoms with van der Waals surface area (Å²) in [5.41, 5.74) is 0. The van der Waals surface area contributed by atoms with E-state index in [1.807, 2.05) is 0 Å². The highest BCUT2D eigenvalue weighted by atomic mass is 32.2. The van der Waals surface area contributed by atoms with Crippen molar-refractivity contribution in [3.05, 3.63) is 0 Å². The minimum absolute atomic E-state index is 0.0188. The van der Waals surface area contributed by atoms with Gasteiger partial charge in [-0.15, -0.1) is 0 Å². The average Bonchev–Trinajstić information content (AvgIpc) is 2.52. The van der Waals surface area contributed by atoms with Gasteiger partial charge in [-0.05, 0) is 12.8 Å². The van der Waals surface area contributed by atoms with Crippen LogP contribution in [-0.2, 0) is 14.9 Å². The van der Waals surface area contributed by atoms with Crippen molar-refractivity contribution in [2.75, 3.05) is 25.4 Å². The SMILES string of the molecule is CCCCCCCCCCCC(=O)N(CCCO)CCS(=O)(=O)O. The molecule has 6 nitrogen and oxygen atoms in total. The van der Waals surface area contributed by atoms with Gasteiger partial charge in [0.1, 0.15) is 0 Å². The van der Waals surface area contributed by atoms with Gasteiger partial charge in [-0.25, -0.2) is 0 Å². The van der Waals surface area contributed by atoms with Crippen molar-refractivity contribution in [2.45, 2.75) is 77.6 Å². The van der Waals surface area contributed by atoms with E-state index in [0.29, 0.717) is 19.4 Å². The van der Waals surface area contributed by atoms with Crippen LogP contribution in [0.1, 0.15) is 77.6 Å². The summed E-state index contributed by atoms with van der Waals surface area (Å²) >= 11 is 0. The van der Waals surface area contributed by atoms with Crippen molar-refractivity contribution in [1.29, 1.82) is 0 Å². The van der Waals surface area contributed by atoms with Crippen LogP contribution in [0.25, 0.3) is 0 Å². The van der Waals surface area contributed by atoms with Crippen LogP contribution in [0.2, 0.25) is 0 Å². The van der Waals surface area contributed by atoms with Crippen molar-refractivity contribution < 1.29 is 22.9 Å². The highest BCUT2D eigenvalue weighted by molar-refractivity contribution is 7.85. The Labute approximate surface area is 147 Å². The lowest BCUT2D eigenvalue weighted by atomic mass is 10.1. The van der Waals surface area contributed by atoms with Gasteiger partial charge in [0.25, 0.3) is 10.1 Å². The predicted octanol–water partition coefficient (Wildman–Crippen LogP) is 3.01. The molecule has 0 saturated heterocycles. The molecule has 1 amide bonds. The van der Waals surface area contributed by atoms with E-state index in [-0.39, 0.29) is 19.1 Å². The average molecular weight is 366 g/mol. The first-order valence-electron chi connectivity index (χ1n) is 9.24. The molecule has 0 unspecified atom stereocenters. The monoisotopic (exact) mass is 365 g/mol. The number of hydrogen-bond acceptors (Lipinski definition) is 4. The Bertz CT molecular complexity index is 411. The fourth-order valence-electron chi connectivity index (χ4n) is 2.59. The summed E-state index contributed by atoms with van der Waals surface area (Å²) in [4.78, 5) is 13.6. The topological polar surface area (TPSA) is 94.9 Å². The Kier molecular flexibility index (Phi) is 14.3. The molecule has 0 aliphatic carbocycles. The summed E-state index contributed by atoms with van der Waals surface area (Å²) in [6.45, 7) is 2.46. The molecule has 0 rings (SSSR count). The highest BCUT2D eigenvalue weighted by Crippen LogP contribution is 2.11. The van der Waals surface area contributed by atoms with E-state index in [2.05, 4.69) is 6.92 Å². The van der Waals surface area contributed by atoms with Crippen molar-refractivity contribution in [1.82, 2.24) is 4.90 Å². The smallest absolute Gasteiger partial charge is 0.266 e. The van der Waals surface area contributed by atoms with E-state index >= 15 is 0 Å². The van der Waals surface area contributed by atoms with E-state index in [1.54, 1.807) is 0 Å². The van der Waals surface area contributed by atoms with Crippen LogP contribution in [0.4, 0.5) is 0 Å². The first kappa shape index (κ1) is 23.3. The number of aliphatic hydroxyl groups excluding tert-OH is 1. The van der Waals surface area contributed by atoms with Crippen molar-refractivity contribution in [2.24, 2.45) is 0 Å². The summed E-state index contributed by atoms with van der Waals surface area (Å²) in [5, 5.41) is 8.87. The van der Waals surface area contributed by atoms with Crippen LogP contribution in [-0.4, -0.2) is 54.3 Å². The number of amides is 1. The number of rotatable bonds is 16. The van der Waals surface area contributed by atoms with Crippen LogP contribution < -0.4 is 0 Å². The first-order valence-corrected chi connectivity index (χ1v) is 10.9. The molecule has 0 spiro atoms. The lowest BCUT2D eigenvalue weighted by molar-refractivity contribution is -0.131. The zero-order valence-corrected chi connectivity index (χ0v) is 15.9. The largest absolute Gasteiger partial charge is 0.396 e. The number of carbonyl (C=O) groups is 1. The molecule has 0 aliphatic heterocycles. The van der Waals surface area contributed by atoms with Crippen LogP contribution in [0.5, 0.6) is 0 Å². The Morgan fingerprint density at radius 1 is 0.875 bits per heavy atom. The number of unbranched alkanes of at least 4 members (excludes halogenated alkanes) is 8. The molecule has 0 atom stereocenters. The van der Waals surface area contributed by atoms with Crippen LogP contribution in [0.3, 0.4) is 0 Å². The first-order chi connectivity index (χ1) is 11.4. The number of carbonyl (C=O) groups excluding carboxylic acids is 1. The number of nitrogens with zero attached hydrogens (tertiary/aromatic N) is 1. The standard InChI is InChI=1S/C17H35NO5S/c1-2-3-4-5-6-7-8-9-10-12-17(20)18(13-11-15-19)14-16-24(21,22)23/h19H,2-16H2,1H3,(H,21,22,23). The molecular weight excluding hydrogens is 330 g/mol. The molecule has 2 N–H and O–H groups in total. The zero-order chi connectivity index (χ0) is 18.3. The molecule has 7 heteroatoms. The normalized spacial score (nSPS) is 11.6. The molecule has 0 fully saturated rings. The van der Waals surface area contributed by atoms with Gasteiger partial charge in [-0.1, -0.05) is 58.3 Å². The maximum atomic E-state index is 12.1. The molecule has 24 heavy (non-hydrogen) atoms. The quantitative estimate of drug-likeness (QED) is 0.324. The molecule has 0 aromatic carbocycles. The molecule has 0 aromatic rings. The van der Waals surface area contributed by atoms with E-state index in [9.17, 15) is 13.2 Å². The Morgan fingerprint density at radius 2 is 1.42 bits per heavy atom. The summed E-state index contributed by atoms with van der Waals surface area (Å²) in [7, 11) is -4.08. The van der Waals surface area contributed by atoms with Gasteiger partial charge in [0.15, 0.2) is 0 Å². The fourth-order valence-corrected chi connectivity index (χ4v) is 3.04. The van der Waals surface area contributed by atoms with Gasteiger partial charge in [0.2, 0.25) is 5.91 Å². The van der Waals surface area contributed by atoms with Crippen LogP contribution in [0.15, 0.2) is 0 Å². The van der Waals surface area contributed by atoms with E-state index in [0.717, 1.165) is 19.3 Å². The summed E-state index contributed by atoms with van der Waals surface area (Å²) in [6, 6.07) is 0. The lowest BCUT2D eigenvalue weighted by Crippen LogP contribution is -2.36. The van der Waals surface area contributed by atoms with Crippen LogP contribution >= 0.6 is 0 Å². The van der Waals surface area contributed by atoms with Crippen LogP contribution in [0, 0.1) is 0 Å². The summed E-state index contributed by atoms with van der Waals surface area (Å²) in [6.07, 6.45) is 11.4. The van der Waals surface area contributed by atoms with Gasteiger partial charge in [-0.3, -0.25) is 9.35 Å². The molecule has 0 aliphatic rings. The second kappa shape index (κ2) is 14.7. The number of aliphatic hydroxyl groups is 1. The molecule has 0 bridgehead atoms. The third-order valence-corrected chi connectivity index (χ3v) is 4.75. The third kappa shape index (κ3) is 14.9. The summed E-state index contributed by atoms with van der Waals surface area (Å²) in [5.74, 6) is -0.558. The Balaban J connectivity index is 3.88. The number of hydrogen-bond donors (Lipinski definition) is 2. The van der Waals surface area contributed by atoms with Crippen molar-refractivity contribution >= 4 is 16.0 Å². The van der Waals surface area contributed by atoms with Crippen molar-refractivity contribution in [3.63, 3.8) is 0 Å². The lowest BCUT2D eigenvalue weighted by Gasteiger charge is -2.21. The summed E-state index contributed by atoms with van der Waals surface area (Å²) < 4.78 is 30.5. The minimum atomic E-state index is -4.08. The van der Waals surface area contributed by atoms with Gasteiger partial charge < -0.3 is 10.0 Å². The second-order valence-corrected chi connectivity index (χ2v) is 7.89. The molecular formula is C17H35NO5S. The zero-order valence-electron chi connectivity index (χ0n) is 15.1. The third-order valence-electron chi connectivity index (χ3n) is 4.05.